The van der Waals surface area contributed by atoms with E-state index in [-0.39, 0.29) is 13.2 Å². The predicted molar refractivity (Wildman–Crippen MR) is 66.4 cm³/mol. The number of amides is 1. The molecule has 0 heterocycles. The molecule has 1 aromatic carbocycles. The van der Waals surface area contributed by atoms with Gasteiger partial charge in [0.15, 0.2) is 0 Å². The van der Waals surface area contributed by atoms with Crippen LogP contribution in [-0.4, -0.2) is 25.2 Å². The van der Waals surface area contributed by atoms with E-state index >= 15 is 0 Å². The lowest BCUT2D eigenvalue weighted by molar-refractivity contribution is -0.137. The highest BCUT2D eigenvalue weighted by Gasteiger charge is 2.03. The van der Waals surface area contributed by atoms with Crippen molar-refractivity contribution in [1.29, 1.82) is 0 Å². The average molecular weight is 249 g/mol. The second-order valence-corrected chi connectivity index (χ2v) is 3.50. The van der Waals surface area contributed by atoms with Crippen molar-refractivity contribution in [2.24, 2.45) is 0 Å². The van der Waals surface area contributed by atoms with Crippen molar-refractivity contribution in [2.75, 3.05) is 13.2 Å². The molecule has 96 valence electrons. The lowest BCUT2D eigenvalue weighted by atomic mass is 10.2. The minimum atomic E-state index is -0.589. The van der Waals surface area contributed by atoms with Gasteiger partial charge in [0.05, 0.1) is 6.54 Å². The number of ether oxygens (including phenoxy) is 2. The summed E-state index contributed by atoms with van der Waals surface area (Å²) in [5.41, 5.74) is 1.08. The summed E-state index contributed by atoms with van der Waals surface area (Å²) in [6, 6.07) is 7.09. The molecule has 0 bridgehead atoms. The summed E-state index contributed by atoms with van der Waals surface area (Å²) < 4.78 is 9.67. The van der Waals surface area contributed by atoms with E-state index in [9.17, 15) is 9.59 Å². The molecule has 1 amide bonds. The number of rotatable bonds is 5. The Balaban J connectivity index is 2.23. The molecule has 0 aliphatic heterocycles. The van der Waals surface area contributed by atoms with Gasteiger partial charge in [-0.15, -0.1) is 0 Å². The van der Waals surface area contributed by atoms with Crippen LogP contribution in [0.25, 0.3) is 0 Å². The van der Waals surface area contributed by atoms with Gasteiger partial charge in [-0.2, -0.15) is 0 Å². The molecular formula is C13H15NO4. The van der Waals surface area contributed by atoms with Gasteiger partial charge in [-0.3, -0.25) is 0 Å². The molecule has 0 saturated carbocycles. The molecule has 5 heteroatoms. The first-order chi connectivity index (χ1) is 8.61. The molecule has 0 spiro atoms. The van der Waals surface area contributed by atoms with Gasteiger partial charge in [-0.25, -0.2) is 9.59 Å². The Kier molecular flexibility index (Phi) is 5.44. The topological polar surface area (TPSA) is 64.6 Å². The Morgan fingerprint density at radius 1 is 1.33 bits per heavy atom. The summed E-state index contributed by atoms with van der Waals surface area (Å²) in [7, 11) is 0. The lowest BCUT2D eigenvalue weighted by Crippen LogP contribution is -2.30. The number of hydrogen-bond acceptors (Lipinski definition) is 4. The van der Waals surface area contributed by atoms with Crippen molar-refractivity contribution in [3.63, 3.8) is 0 Å². The summed E-state index contributed by atoms with van der Waals surface area (Å²) in [5.74, 6) is -0.0649. The number of nitrogens with one attached hydrogen (secondary N) is 1. The number of esters is 1. The maximum Gasteiger partial charge on any atom is 0.412 e. The van der Waals surface area contributed by atoms with Crippen LogP contribution < -0.4 is 10.1 Å². The SMILES string of the molecule is C=CC(=O)OCCNC(=O)Oc1ccc(C)cc1. The first-order valence-electron chi connectivity index (χ1n) is 5.43. The number of aryl methyl sites for hydroxylation is 1. The summed E-state index contributed by atoms with van der Waals surface area (Å²) in [5, 5.41) is 2.45. The van der Waals surface area contributed by atoms with Crippen LogP contribution in [0.2, 0.25) is 0 Å². The molecule has 1 N–H and O–H groups in total. The second-order valence-electron chi connectivity index (χ2n) is 3.50. The monoisotopic (exact) mass is 249 g/mol. The Morgan fingerprint density at radius 3 is 2.61 bits per heavy atom. The van der Waals surface area contributed by atoms with Crippen LogP contribution in [0, 0.1) is 6.92 Å². The molecule has 0 aliphatic carbocycles. The van der Waals surface area contributed by atoms with Gasteiger partial charge >= 0.3 is 12.1 Å². The third-order valence-electron chi connectivity index (χ3n) is 2.01. The van der Waals surface area contributed by atoms with Crippen molar-refractivity contribution in [1.82, 2.24) is 5.32 Å². The van der Waals surface area contributed by atoms with Gasteiger partial charge in [0.1, 0.15) is 12.4 Å². The number of benzene rings is 1. The van der Waals surface area contributed by atoms with E-state index < -0.39 is 12.1 Å². The Hall–Kier alpha value is -2.30. The summed E-state index contributed by atoms with van der Waals surface area (Å²) >= 11 is 0. The molecule has 0 fully saturated rings. The molecule has 0 atom stereocenters. The van der Waals surface area contributed by atoms with Crippen LogP contribution >= 0.6 is 0 Å². The predicted octanol–water partition coefficient (Wildman–Crippen LogP) is 1.81. The van der Waals surface area contributed by atoms with E-state index in [1.165, 1.54) is 0 Å². The van der Waals surface area contributed by atoms with Gasteiger partial charge < -0.3 is 14.8 Å². The van der Waals surface area contributed by atoms with E-state index in [4.69, 9.17) is 4.74 Å². The van der Waals surface area contributed by atoms with Crippen molar-refractivity contribution >= 4 is 12.1 Å². The maximum atomic E-state index is 11.3. The van der Waals surface area contributed by atoms with Gasteiger partial charge in [-0.1, -0.05) is 24.3 Å². The minimum absolute atomic E-state index is 0.0772. The zero-order chi connectivity index (χ0) is 13.4. The zero-order valence-electron chi connectivity index (χ0n) is 10.1. The van der Waals surface area contributed by atoms with Crippen LogP contribution in [0.4, 0.5) is 4.79 Å². The Bertz CT molecular complexity index is 425. The third kappa shape index (κ3) is 5.16. The van der Waals surface area contributed by atoms with Crippen molar-refractivity contribution < 1.29 is 19.1 Å². The molecule has 18 heavy (non-hydrogen) atoms. The smallest absolute Gasteiger partial charge is 0.412 e. The summed E-state index contributed by atoms with van der Waals surface area (Å²) in [6.45, 7) is 5.46. The van der Waals surface area contributed by atoms with E-state index in [0.29, 0.717) is 5.75 Å². The van der Waals surface area contributed by atoms with E-state index in [0.717, 1.165) is 11.6 Å². The molecule has 0 unspecified atom stereocenters. The standard InChI is InChI=1S/C13H15NO4/c1-3-12(15)17-9-8-14-13(16)18-11-6-4-10(2)5-7-11/h3-7H,1,8-9H2,2H3,(H,14,16). The van der Waals surface area contributed by atoms with Crippen LogP contribution in [0.5, 0.6) is 5.75 Å². The lowest BCUT2D eigenvalue weighted by Gasteiger charge is -2.06. The Labute approximate surface area is 105 Å². The molecule has 0 aliphatic rings. The second kappa shape index (κ2) is 7.11. The summed E-state index contributed by atoms with van der Waals surface area (Å²) in [6.07, 6.45) is 0.471. The van der Waals surface area contributed by atoms with Gasteiger partial charge in [0, 0.05) is 6.08 Å². The third-order valence-corrected chi connectivity index (χ3v) is 2.01. The molecule has 5 nitrogen and oxygen atoms in total. The number of carbonyl (C=O) groups is 2. The molecule has 0 radical (unpaired) electrons. The first kappa shape index (κ1) is 13.8. The highest BCUT2D eigenvalue weighted by atomic mass is 16.6. The number of carbonyl (C=O) groups excluding carboxylic acids is 2. The molecule has 1 rings (SSSR count). The van der Waals surface area contributed by atoms with Crippen LogP contribution in [-0.2, 0) is 9.53 Å². The zero-order valence-corrected chi connectivity index (χ0v) is 10.1. The molecule has 0 saturated heterocycles. The fourth-order valence-electron chi connectivity index (χ4n) is 1.11. The Morgan fingerprint density at radius 2 is 2.00 bits per heavy atom. The normalized spacial score (nSPS) is 9.39. The fourth-order valence-corrected chi connectivity index (χ4v) is 1.11. The first-order valence-corrected chi connectivity index (χ1v) is 5.43. The van der Waals surface area contributed by atoms with E-state index in [1.807, 2.05) is 19.1 Å². The van der Waals surface area contributed by atoms with E-state index in [2.05, 4.69) is 16.6 Å². The van der Waals surface area contributed by atoms with Crippen LogP contribution in [0.1, 0.15) is 5.56 Å². The average Bonchev–Trinajstić information content (AvgIpc) is 2.37. The molecular weight excluding hydrogens is 234 g/mol. The largest absolute Gasteiger partial charge is 0.461 e. The summed E-state index contributed by atoms with van der Waals surface area (Å²) in [4.78, 5) is 22.0. The van der Waals surface area contributed by atoms with Crippen molar-refractivity contribution in [3.05, 3.63) is 42.5 Å². The van der Waals surface area contributed by atoms with E-state index in [1.54, 1.807) is 12.1 Å². The molecule has 1 aromatic rings. The van der Waals surface area contributed by atoms with Crippen molar-refractivity contribution in [2.45, 2.75) is 6.92 Å². The fraction of sp³-hybridized carbons (Fsp3) is 0.231. The van der Waals surface area contributed by atoms with Gasteiger partial charge in [0.25, 0.3) is 0 Å². The maximum absolute atomic E-state index is 11.3. The quantitative estimate of drug-likeness (QED) is 0.491. The highest BCUT2D eigenvalue weighted by Crippen LogP contribution is 2.11. The van der Waals surface area contributed by atoms with Crippen LogP contribution in [0.3, 0.4) is 0 Å². The number of hydrogen-bond donors (Lipinski definition) is 1. The van der Waals surface area contributed by atoms with Crippen LogP contribution in [0.15, 0.2) is 36.9 Å². The highest BCUT2D eigenvalue weighted by molar-refractivity contribution is 5.81. The van der Waals surface area contributed by atoms with Gasteiger partial charge in [0.2, 0.25) is 0 Å². The van der Waals surface area contributed by atoms with Gasteiger partial charge in [-0.05, 0) is 19.1 Å². The molecule has 0 aromatic heterocycles. The minimum Gasteiger partial charge on any atom is -0.461 e. The van der Waals surface area contributed by atoms with Crippen molar-refractivity contribution in [3.8, 4) is 5.75 Å².